The Morgan fingerprint density at radius 1 is 1.30 bits per heavy atom. The molecule has 0 saturated heterocycles. The van der Waals surface area contributed by atoms with Crippen LogP contribution in [0.5, 0.6) is 0 Å². The zero-order chi connectivity index (χ0) is 19.3. The normalized spacial score (nSPS) is 26.6. The maximum absolute atomic E-state index is 12.8. The minimum absolute atomic E-state index is 0.111. The van der Waals surface area contributed by atoms with E-state index in [1.54, 1.807) is 23.7 Å². The van der Waals surface area contributed by atoms with Crippen molar-refractivity contribution >= 4 is 27.1 Å². The van der Waals surface area contributed by atoms with Crippen LogP contribution in [0, 0.1) is 16.7 Å². The second kappa shape index (κ2) is 6.50. The van der Waals surface area contributed by atoms with Crippen LogP contribution in [0.1, 0.15) is 38.7 Å². The fourth-order valence-corrected chi connectivity index (χ4v) is 7.33. The third kappa shape index (κ3) is 3.15. The summed E-state index contributed by atoms with van der Waals surface area (Å²) in [5.41, 5.74) is 1.87. The standard InChI is InChI=1S/C20H24N2O3S2/c1-19(2)17-3-5-20(19,18(23)8-17)13-27(24,25)22-10-14-7-16(11-21-9-14)15-4-6-26-12-15/h4,6-7,9,11-12,17,22H,3,5,8,10,13H2,1-2H3. The highest BCUT2D eigenvalue weighted by molar-refractivity contribution is 7.89. The number of carbonyl (C=O) groups is 1. The Morgan fingerprint density at radius 3 is 2.74 bits per heavy atom. The number of thiophene rings is 1. The summed E-state index contributed by atoms with van der Waals surface area (Å²) in [4.78, 5) is 16.8. The van der Waals surface area contributed by atoms with Gasteiger partial charge in [-0.15, -0.1) is 0 Å². The Morgan fingerprint density at radius 2 is 2.11 bits per heavy atom. The summed E-state index contributed by atoms with van der Waals surface area (Å²) >= 11 is 1.61. The monoisotopic (exact) mass is 404 g/mol. The number of fused-ring (bicyclic) bond motifs is 2. The Kier molecular flexibility index (Phi) is 4.52. The second-order valence-electron chi connectivity index (χ2n) is 8.34. The number of pyridine rings is 1. The van der Waals surface area contributed by atoms with Crippen LogP contribution in [0.4, 0.5) is 0 Å². The van der Waals surface area contributed by atoms with Crippen LogP contribution in [0.2, 0.25) is 0 Å². The minimum Gasteiger partial charge on any atom is -0.299 e. The van der Waals surface area contributed by atoms with Crippen molar-refractivity contribution in [2.75, 3.05) is 5.75 Å². The van der Waals surface area contributed by atoms with Gasteiger partial charge in [-0.05, 0) is 58.2 Å². The van der Waals surface area contributed by atoms with Crippen molar-refractivity contribution in [3.05, 3.63) is 40.8 Å². The molecule has 0 aliphatic heterocycles. The van der Waals surface area contributed by atoms with E-state index in [9.17, 15) is 13.2 Å². The van der Waals surface area contributed by atoms with Gasteiger partial charge in [0.2, 0.25) is 10.0 Å². The molecule has 2 atom stereocenters. The van der Waals surface area contributed by atoms with E-state index in [4.69, 9.17) is 0 Å². The molecule has 4 rings (SSSR count). The summed E-state index contributed by atoms with van der Waals surface area (Å²) in [5.74, 6) is 0.321. The molecule has 2 heterocycles. The lowest BCUT2D eigenvalue weighted by Gasteiger charge is -2.36. The molecule has 2 bridgehead atoms. The average Bonchev–Trinajstić information content (AvgIpc) is 3.27. The molecule has 1 N–H and O–H groups in total. The van der Waals surface area contributed by atoms with Crippen LogP contribution in [0.25, 0.3) is 11.1 Å². The van der Waals surface area contributed by atoms with Gasteiger partial charge in [-0.1, -0.05) is 13.8 Å². The third-order valence-corrected chi connectivity index (χ3v) is 8.86. The average molecular weight is 405 g/mol. The molecule has 2 aromatic rings. The summed E-state index contributed by atoms with van der Waals surface area (Å²) < 4.78 is 28.3. The van der Waals surface area contributed by atoms with Crippen molar-refractivity contribution in [1.82, 2.24) is 9.71 Å². The van der Waals surface area contributed by atoms with E-state index < -0.39 is 15.4 Å². The first-order valence-corrected chi connectivity index (χ1v) is 11.8. The molecule has 0 amide bonds. The number of hydrogen-bond acceptors (Lipinski definition) is 5. The van der Waals surface area contributed by atoms with Gasteiger partial charge in [0.05, 0.1) is 5.75 Å². The maximum atomic E-state index is 12.8. The van der Waals surface area contributed by atoms with E-state index in [0.717, 1.165) is 23.1 Å². The molecule has 144 valence electrons. The molecular formula is C20H24N2O3S2. The second-order valence-corrected chi connectivity index (χ2v) is 10.9. The van der Waals surface area contributed by atoms with Crippen LogP contribution < -0.4 is 4.72 Å². The van der Waals surface area contributed by atoms with Gasteiger partial charge in [-0.2, -0.15) is 11.3 Å². The van der Waals surface area contributed by atoms with Crippen LogP contribution in [-0.2, 0) is 21.4 Å². The predicted octanol–water partition coefficient (Wildman–Crippen LogP) is 3.62. The molecule has 2 fully saturated rings. The molecule has 27 heavy (non-hydrogen) atoms. The van der Waals surface area contributed by atoms with Crippen molar-refractivity contribution in [1.29, 1.82) is 0 Å². The van der Waals surface area contributed by atoms with Crippen molar-refractivity contribution in [2.24, 2.45) is 16.7 Å². The minimum atomic E-state index is -3.57. The molecule has 2 unspecified atom stereocenters. The molecule has 2 aliphatic rings. The first-order chi connectivity index (χ1) is 12.7. The highest BCUT2D eigenvalue weighted by Gasteiger charge is 2.65. The summed E-state index contributed by atoms with van der Waals surface area (Å²) in [6, 6.07) is 3.96. The largest absolute Gasteiger partial charge is 0.299 e. The number of nitrogens with one attached hydrogen (secondary N) is 1. The highest BCUT2D eigenvalue weighted by atomic mass is 32.2. The Bertz CT molecular complexity index is 967. The summed E-state index contributed by atoms with van der Waals surface area (Å²) in [6.07, 6.45) is 5.60. The number of Topliss-reactive ketones (excluding diaryl/α,β-unsaturated/α-hetero) is 1. The number of carbonyl (C=O) groups excluding carboxylic acids is 1. The first-order valence-electron chi connectivity index (χ1n) is 9.21. The molecule has 2 saturated carbocycles. The van der Waals surface area contributed by atoms with Gasteiger partial charge >= 0.3 is 0 Å². The quantitative estimate of drug-likeness (QED) is 0.798. The summed E-state index contributed by atoms with van der Waals surface area (Å²) in [7, 11) is -3.57. The van der Waals surface area contributed by atoms with E-state index in [1.165, 1.54) is 0 Å². The number of nitrogens with zero attached hydrogens (tertiary/aromatic N) is 1. The van der Waals surface area contributed by atoms with Gasteiger partial charge in [0.25, 0.3) is 0 Å². The predicted molar refractivity (Wildman–Crippen MR) is 107 cm³/mol. The molecule has 0 radical (unpaired) electrons. The van der Waals surface area contributed by atoms with Gasteiger partial charge < -0.3 is 0 Å². The molecule has 0 aromatic carbocycles. The molecule has 7 heteroatoms. The van der Waals surface area contributed by atoms with Gasteiger partial charge in [0.15, 0.2) is 0 Å². The highest BCUT2D eigenvalue weighted by Crippen LogP contribution is 2.64. The zero-order valence-electron chi connectivity index (χ0n) is 15.6. The first kappa shape index (κ1) is 18.8. The Hall–Kier alpha value is -1.57. The lowest BCUT2D eigenvalue weighted by Crippen LogP contribution is -2.45. The third-order valence-electron chi connectivity index (χ3n) is 6.72. The van der Waals surface area contributed by atoms with E-state index in [-0.39, 0.29) is 23.5 Å². The lowest BCUT2D eigenvalue weighted by molar-refractivity contribution is -0.128. The molecular weight excluding hydrogens is 380 g/mol. The molecule has 2 aromatic heterocycles. The summed E-state index contributed by atoms with van der Waals surface area (Å²) in [6.45, 7) is 4.29. The number of ketones is 1. The number of aromatic nitrogens is 1. The smallest absolute Gasteiger partial charge is 0.212 e. The van der Waals surface area contributed by atoms with Crippen molar-refractivity contribution in [3.8, 4) is 11.1 Å². The Balaban J connectivity index is 1.49. The van der Waals surface area contributed by atoms with Crippen LogP contribution in [-0.4, -0.2) is 24.9 Å². The van der Waals surface area contributed by atoms with E-state index in [1.807, 2.05) is 22.9 Å². The van der Waals surface area contributed by atoms with Crippen molar-refractivity contribution in [2.45, 2.75) is 39.7 Å². The van der Waals surface area contributed by atoms with Gasteiger partial charge in [-0.3, -0.25) is 9.78 Å². The SMILES string of the molecule is CC1(C)C2CCC1(CS(=O)(=O)NCc1cncc(-c3ccsc3)c1)C(=O)C2. The summed E-state index contributed by atoms with van der Waals surface area (Å²) in [5, 5.41) is 4.04. The van der Waals surface area contributed by atoms with Crippen LogP contribution in [0.15, 0.2) is 35.3 Å². The van der Waals surface area contributed by atoms with Crippen LogP contribution in [0.3, 0.4) is 0 Å². The van der Waals surface area contributed by atoms with Crippen molar-refractivity contribution in [3.63, 3.8) is 0 Å². The zero-order valence-corrected chi connectivity index (χ0v) is 17.2. The van der Waals surface area contributed by atoms with Gasteiger partial charge in [-0.25, -0.2) is 13.1 Å². The number of rotatable bonds is 6. The fourth-order valence-electron chi connectivity index (χ4n) is 4.85. The van der Waals surface area contributed by atoms with Gasteiger partial charge in [0, 0.05) is 36.3 Å². The molecule has 2 aliphatic carbocycles. The lowest BCUT2D eigenvalue weighted by atomic mass is 9.70. The Labute approximate surface area is 164 Å². The number of hydrogen-bond donors (Lipinski definition) is 1. The van der Waals surface area contributed by atoms with E-state index >= 15 is 0 Å². The van der Waals surface area contributed by atoms with Crippen LogP contribution >= 0.6 is 11.3 Å². The maximum Gasteiger partial charge on any atom is 0.212 e. The fraction of sp³-hybridized carbons (Fsp3) is 0.500. The van der Waals surface area contributed by atoms with E-state index in [0.29, 0.717) is 18.8 Å². The van der Waals surface area contributed by atoms with Gasteiger partial charge in [0.1, 0.15) is 5.78 Å². The van der Waals surface area contributed by atoms with E-state index in [2.05, 4.69) is 23.6 Å². The topological polar surface area (TPSA) is 76.1 Å². The van der Waals surface area contributed by atoms with Crippen molar-refractivity contribution < 1.29 is 13.2 Å². The number of sulfonamides is 1. The molecule has 5 nitrogen and oxygen atoms in total. The molecule has 0 spiro atoms.